The molecule has 0 saturated carbocycles. The Kier molecular flexibility index (Phi) is 2.52. The molecule has 5 heteroatoms. The summed E-state index contributed by atoms with van der Waals surface area (Å²) in [6.07, 6.45) is -5.10. The molecule has 13 heavy (non-hydrogen) atoms. The largest absolute Gasteiger partial charge is 0.441 e. The van der Waals surface area contributed by atoms with Gasteiger partial charge in [0.05, 0.1) is 0 Å². The van der Waals surface area contributed by atoms with Gasteiger partial charge in [0.1, 0.15) is 0 Å². The third-order valence-electron chi connectivity index (χ3n) is 1.49. The van der Waals surface area contributed by atoms with Gasteiger partial charge in [-0.25, -0.2) is 4.39 Å². The molecule has 1 unspecified atom stereocenters. The lowest BCUT2D eigenvalue weighted by atomic mass is 10.1. The molecule has 0 saturated heterocycles. The van der Waals surface area contributed by atoms with Crippen molar-refractivity contribution in [1.29, 1.82) is 0 Å². The summed E-state index contributed by atoms with van der Waals surface area (Å²) < 4.78 is 49.0. The van der Waals surface area contributed by atoms with Crippen LogP contribution >= 0.6 is 11.6 Å². The fourth-order valence-electron chi connectivity index (χ4n) is 0.811. The molecule has 0 aliphatic heterocycles. The molecule has 0 radical (unpaired) electrons. The van der Waals surface area contributed by atoms with Gasteiger partial charge >= 0.3 is 11.3 Å². The fourth-order valence-corrected chi connectivity index (χ4v) is 0.937. The normalized spacial score (nSPS) is 16.7. The summed E-state index contributed by atoms with van der Waals surface area (Å²) in [4.78, 5) is 0. The van der Waals surface area contributed by atoms with Crippen LogP contribution in [0.15, 0.2) is 30.3 Å². The number of benzene rings is 1. The van der Waals surface area contributed by atoms with Gasteiger partial charge in [-0.05, 0) is 0 Å². The second kappa shape index (κ2) is 3.18. The van der Waals surface area contributed by atoms with Crippen LogP contribution in [-0.2, 0) is 5.13 Å². The minimum absolute atomic E-state index is 0.607. The summed E-state index contributed by atoms with van der Waals surface area (Å²) in [5.41, 5.74) is -0.607. The molecular formula is C8H5ClF4. The zero-order valence-electron chi connectivity index (χ0n) is 6.28. The Bertz CT molecular complexity index is 278. The molecule has 0 fully saturated rings. The molecule has 0 N–H and O–H groups in total. The van der Waals surface area contributed by atoms with Gasteiger partial charge in [0.15, 0.2) is 0 Å². The van der Waals surface area contributed by atoms with E-state index in [0.29, 0.717) is 0 Å². The van der Waals surface area contributed by atoms with E-state index >= 15 is 0 Å². The zero-order valence-corrected chi connectivity index (χ0v) is 7.03. The molecule has 0 bridgehead atoms. The smallest absolute Gasteiger partial charge is 0.211 e. The van der Waals surface area contributed by atoms with Crippen LogP contribution in [0.25, 0.3) is 0 Å². The molecule has 0 nitrogen and oxygen atoms in total. The molecule has 0 aromatic heterocycles. The van der Waals surface area contributed by atoms with E-state index in [1.54, 1.807) is 0 Å². The van der Waals surface area contributed by atoms with Gasteiger partial charge in [-0.15, -0.1) is 0 Å². The molecule has 0 aliphatic carbocycles. The van der Waals surface area contributed by atoms with Gasteiger partial charge in [0.25, 0.3) is 0 Å². The maximum absolute atomic E-state index is 13.0. The molecule has 1 rings (SSSR count). The standard InChI is InChI=1S/C8H5ClF4/c9-7(10,8(11,12)13)6-4-2-1-3-5-6/h1-5H. The molecule has 0 spiro atoms. The first-order chi connectivity index (χ1) is 5.86. The SMILES string of the molecule is FC(F)(F)C(F)(Cl)c1ccccc1. The Hall–Kier alpha value is -0.770. The summed E-state index contributed by atoms with van der Waals surface area (Å²) in [7, 11) is 0. The molecular weight excluding hydrogens is 208 g/mol. The first-order valence-corrected chi connectivity index (χ1v) is 3.73. The molecule has 72 valence electrons. The van der Waals surface area contributed by atoms with Gasteiger partial charge in [-0.1, -0.05) is 41.9 Å². The van der Waals surface area contributed by atoms with Crippen molar-refractivity contribution in [2.24, 2.45) is 0 Å². The van der Waals surface area contributed by atoms with Crippen LogP contribution in [0, 0.1) is 0 Å². The van der Waals surface area contributed by atoms with Gasteiger partial charge in [0.2, 0.25) is 0 Å². The van der Waals surface area contributed by atoms with E-state index in [2.05, 4.69) is 0 Å². The highest BCUT2D eigenvalue weighted by atomic mass is 35.5. The van der Waals surface area contributed by atoms with E-state index < -0.39 is 16.9 Å². The van der Waals surface area contributed by atoms with Crippen molar-refractivity contribution >= 4 is 11.6 Å². The average Bonchev–Trinajstić information content (AvgIpc) is 2.04. The first-order valence-electron chi connectivity index (χ1n) is 3.36. The Morgan fingerprint density at radius 1 is 0.923 bits per heavy atom. The monoisotopic (exact) mass is 212 g/mol. The van der Waals surface area contributed by atoms with Crippen molar-refractivity contribution in [2.45, 2.75) is 11.3 Å². The van der Waals surface area contributed by atoms with Crippen molar-refractivity contribution in [3.05, 3.63) is 35.9 Å². The van der Waals surface area contributed by atoms with Gasteiger partial charge in [-0.2, -0.15) is 13.2 Å². The number of hydrogen-bond acceptors (Lipinski definition) is 0. The van der Waals surface area contributed by atoms with E-state index in [9.17, 15) is 17.6 Å². The predicted molar refractivity (Wildman–Crippen MR) is 41.1 cm³/mol. The Morgan fingerprint density at radius 3 is 1.77 bits per heavy atom. The summed E-state index contributed by atoms with van der Waals surface area (Å²) >= 11 is 4.75. The molecule has 0 aliphatic rings. The van der Waals surface area contributed by atoms with E-state index in [4.69, 9.17) is 11.6 Å². The van der Waals surface area contributed by atoms with Crippen molar-refractivity contribution in [3.63, 3.8) is 0 Å². The van der Waals surface area contributed by atoms with Crippen LogP contribution in [0.4, 0.5) is 17.6 Å². The average molecular weight is 213 g/mol. The third-order valence-corrected chi connectivity index (χ3v) is 1.92. The maximum Gasteiger partial charge on any atom is 0.441 e. The van der Waals surface area contributed by atoms with E-state index in [0.717, 1.165) is 12.1 Å². The number of rotatable bonds is 1. The molecule has 0 amide bonds. The number of hydrogen-bond donors (Lipinski definition) is 0. The van der Waals surface area contributed by atoms with Crippen LogP contribution < -0.4 is 0 Å². The fraction of sp³-hybridized carbons (Fsp3) is 0.250. The lowest BCUT2D eigenvalue weighted by molar-refractivity contribution is -0.202. The predicted octanol–water partition coefficient (Wildman–Crippen LogP) is 3.61. The highest BCUT2D eigenvalue weighted by molar-refractivity contribution is 6.23. The van der Waals surface area contributed by atoms with Crippen LogP contribution in [0.5, 0.6) is 0 Å². The van der Waals surface area contributed by atoms with Gasteiger partial charge in [-0.3, -0.25) is 0 Å². The van der Waals surface area contributed by atoms with E-state index in [1.807, 2.05) is 0 Å². The number of alkyl halides is 5. The van der Waals surface area contributed by atoms with E-state index in [1.165, 1.54) is 18.2 Å². The Balaban J connectivity index is 3.08. The second-order valence-corrected chi connectivity index (χ2v) is 2.96. The van der Waals surface area contributed by atoms with Crippen molar-refractivity contribution in [2.75, 3.05) is 0 Å². The molecule has 1 aromatic rings. The van der Waals surface area contributed by atoms with Crippen molar-refractivity contribution in [1.82, 2.24) is 0 Å². The Labute approximate surface area is 77.1 Å². The quantitative estimate of drug-likeness (QED) is 0.493. The van der Waals surface area contributed by atoms with Crippen molar-refractivity contribution in [3.8, 4) is 0 Å². The van der Waals surface area contributed by atoms with Crippen LogP contribution in [0.2, 0.25) is 0 Å². The molecule has 0 heterocycles. The lowest BCUT2D eigenvalue weighted by Crippen LogP contribution is -2.32. The second-order valence-electron chi connectivity index (χ2n) is 2.44. The minimum Gasteiger partial charge on any atom is -0.211 e. The summed E-state index contributed by atoms with van der Waals surface area (Å²) in [6, 6.07) is 6.03. The highest BCUT2D eigenvalue weighted by Gasteiger charge is 2.56. The van der Waals surface area contributed by atoms with Crippen LogP contribution in [-0.4, -0.2) is 6.18 Å². The highest BCUT2D eigenvalue weighted by Crippen LogP contribution is 2.45. The van der Waals surface area contributed by atoms with Crippen LogP contribution in [0.3, 0.4) is 0 Å². The summed E-state index contributed by atoms with van der Waals surface area (Å²) in [5.74, 6) is 0. The summed E-state index contributed by atoms with van der Waals surface area (Å²) in [5, 5.41) is -3.80. The first kappa shape index (κ1) is 10.3. The number of halogens is 5. The van der Waals surface area contributed by atoms with Gasteiger partial charge < -0.3 is 0 Å². The third kappa shape index (κ3) is 1.94. The zero-order chi connectivity index (χ0) is 10.1. The molecule has 1 atom stereocenters. The Morgan fingerprint density at radius 2 is 1.38 bits per heavy atom. The van der Waals surface area contributed by atoms with Crippen molar-refractivity contribution < 1.29 is 17.6 Å². The van der Waals surface area contributed by atoms with E-state index in [-0.39, 0.29) is 0 Å². The summed E-state index contributed by atoms with van der Waals surface area (Å²) in [6.45, 7) is 0. The van der Waals surface area contributed by atoms with Crippen LogP contribution in [0.1, 0.15) is 5.56 Å². The lowest BCUT2D eigenvalue weighted by Gasteiger charge is -2.21. The minimum atomic E-state index is -5.10. The maximum atomic E-state index is 13.0. The van der Waals surface area contributed by atoms with Gasteiger partial charge in [0, 0.05) is 5.56 Å². The topological polar surface area (TPSA) is 0 Å². The molecule has 1 aromatic carbocycles.